The monoisotopic (exact) mass is 1040 g/mol. The van der Waals surface area contributed by atoms with Crippen LogP contribution in [0.25, 0.3) is 10.9 Å². The molecule has 75 heavy (non-hydrogen) atoms. The number of aromatic nitrogens is 1. The topological polar surface area (TPSA) is 253 Å². The maximum atomic E-state index is 15.4. The smallest absolute Gasteiger partial charge is 0.248 e. The van der Waals surface area contributed by atoms with E-state index in [4.69, 9.17) is 9.47 Å². The minimum atomic E-state index is -1.81. The number of rotatable bonds is 15. The van der Waals surface area contributed by atoms with Crippen molar-refractivity contribution in [2.75, 3.05) is 34.4 Å². The molecule has 0 aliphatic carbocycles. The zero-order valence-electron chi connectivity index (χ0n) is 46.2. The van der Waals surface area contributed by atoms with Crippen molar-refractivity contribution in [1.29, 1.82) is 0 Å². The Hall–Kier alpha value is -6.15. The summed E-state index contributed by atoms with van der Waals surface area (Å²) >= 11 is 0. The summed E-state index contributed by atoms with van der Waals surface area (Å²) in [6.45, 7) is 19.8. The van der Waals surface area contributed by atoms with Gasteiger partial charge in [0.25, 0.3) is 0 Å². The summed E-state index contributed by atoms with van der Waals surface area (Å²) in [6, 6.07) is 6.13. The summed E-state index contributed by atoms with van der Waals surface area (Å²) < 4.78 is 13.6. The van der Waals surface area contributed by atoms with E-state index in [1.165, 1.54) is 33.0 Å². The third-order valence-electron chi connectivity index (χ3n) is 14.5. The first-order valence-corrected chi connectivity index (χ1v) is 26.0. The van der Waals surface area contributed by atoms with Gasteiger partial charge in [0.2, 0.25) is 41.4 Å². The van der Waals surface area contributed by atoms with Crippen molar-refractivity contribution < 1.29 is 53.2 Å². The average Bonchev–Trinajstić information content (AvgIpc) is 4.16. The summed E-state index contributed by atoms with van der Waals surface area (Å²) in [6.07, 6.45) is 0.516. The summed E-state index contributed by atoms with van der Waals surface area (Å²) in [7, 11) is 4.16. The molecule has 412 valence electrons. The Morgan fingerprint density at radius 3 is 1.81 bits per heavy atom. The molecule has 19 nitrogen and oxygen atoms in total. The molecule has 19 heteroatoms. The zero-order chi connectivity index (χ0) is 55.8. The highest BCUT2D eigenvalue weighted by atomic mass is 16.6. The maximum absolute atomic E-state index is 15.4. The standard InChI is InChI=1S/C56H82N8O11/c1-30(2)24-34(8)44-52(70)60-45(47(66)38-27-64(56(10,11)42-29-75-42)39-23-19-18-22-37(38)39)55(73)63(13)41(26-33(7)28-65)50(68)57-35(9)49(67)61-46(48(74-14)36-20-16-15-17-21-36)53(71)58-43(32(5)6)54(72)62(12)40(25-31(3)4)51(69)59-44/h15-24,27,31-35,40-48,65-66H,25-26,28-29H2,1-14H3,(H,57,68)(H,58,71)(H,59,69)(H,60,70)(H,61,67)/t33-,34-,35+,40+,41+,42+,43+,44?,45+,46-,47-,48-/m1/s1. The van der Waals surface area contributed by atoms with Gasteiger partial charge in [0, 0.05) is 56.4 Å². The molecule has 7 amide bonds. The molecule has 1 aromatic heterocycles. The van der Waals surface area contributed by atoms with Gasteiger partial charge in [0.05, 0.1) is 12.1 Å². The number of amides is 7. The van der Waals surface area contributed by atoms with E-state index in [0.717, 1.165) is 16.0 Å². The number of allylic oxidation sites excluding steroid dienone is 1. The summed E-state index contributed by atoms with van der Waals surface area (Å²) in [5.41, 5.74) is 1.72. The Labute approximate surface area is 441 Å². The number of para-hydroxylation sites is 1. The minimum Gasteiger partial charge on any atom is -0.396 e. The highest BCUT2D eigenvalue weighted by molar-refractivity contribution is 5.99. The molecular weight excluding hydrogens is 961 g/mol. The average molecular weight is 1040 g/mol. The van der Waals surface area contributed by atoms with Crippen molar-refractivity contribution in [1.82, 2.24) is 41.0 Å². The van der Waals surface area contributed by atoms with Crippen LogP contribution in [-0.4, -0.2) is 149 Å². The Balaban J connectivity index is 1.73. The molecule has 1 unspecified atom stereocenters. The normalized spacial score (nSPS) is 25.9. The van der Waals surface area contributed by atoms with Crippen LogP contribution in [0.4, 0.5) is 0 Å². The second-order valence-electron chi connectivity index (χ2n) is 22.1. The highest BCUT2D eigenvalue weighted by Gasteiger charge is 2.45. The number of likely N-dealkylation sites (N-methyl/N-ethyl adjacent to an activating group) is 2. The molecule has 2 fully saturated rings. The number of nitrogens with zero attached hydrogens (tertiary/aromatic N) is 3. The molecule has 0 saturated carbocycles. The number of aliphatic hydroxyl groups excluding tert-OH is 2. The molecule has 3 aromatic rings. The largest absolute Gasteiger partial charge is 0.396 e. The fraction of sp³-hybridized carbons (Fsp3) is 0.589. The first-order chi connectivity index (χ1) is 35.2. The van der Waals surface area contributed by atoms with E-state index < -0.39 is 119 Å². The second-order valence-corrected chi connectivity index (χ2v) is 22.1. The molecule has 5 rings (SSSR count). The van der Waals surface area contributed by atoms with Gasteiger partial charge in [-0.05, 0) is 76.8 Å². The zero-order valence-corrected chi connectivity index (χ0v) is 46.2. The number of carbonyl (C=O) groups is 7. The number of ether oxygens (including phenoxy) is 2. The first-order valence-electron chi connectivity index (χ1n) is 26.0. The van der Waals surface area contributed by atoms with Gasteiger partial charge in [-0.3, -0.25) is 33.6 Å². The molecule has 2 saturated heterocycles. The van der Waals surface area contributed by atoms with E-state index in [0.29, 0.717) is 17.6 Å². The number of methoxy groups -OCH3 is 1. The lowest BCUT2D eigenvalue weighted by atomic mass is 9.94. The summed E-state index contributed by atoms with van der Waals surface area (Å²) in [5.74, 6) is -7.50. The Kier molecular flexibility index (Phi) is 20.4. The van der Waals surface area contributed by atoms with Gasteiger partial charge in [-0.25, -0.2) is 0 Å². The van der Waals surface area contributed by atoms with E-state index in [-0.39, 0.29) is 37.0 Å². The predicted octanol–water partition coefficient (Wildman–Crippen LogP) is 3.63. The van der Waals surface area contributed by atoms with E-state index in [1.54, 1.807) is 82.4 Å². The van der Waals surface area contributed by atoms with Gasteiger partial charge in [0.15, 0.2) is 0 Å². The molecule has 0 spiro atoms. The van der Waals surface area contributed by atoms with E-state index in [1.807, 2.05) is 58.2 Å². The second kappa shape index (κ2) is 25.6. The van der Waals surface area contributed by atoms with Crippen LogP contribution in [0.5, 0.6) is 0 Å². The van der Waals surface area contributed by atoms with Gasteiger partial charge < -0.3 is 60.6 Å². The van der Waals surface area contributed by atoms with Crippen molar-refractivity contribution >= 4 is 52.3 Å². The van der Waals surface area contributed by atoms with Crippen molar-refractivity contribution in [2.24, 2.45) is 23.7 Å². The van der Waals surface area contributed by atoms with Crippen LogP contribution >= 0.6 is 0 Å². The van der Waals surface area contributed by atoms with Crippen LogP contribution in [0.15, 0.2) is 72.4 Å². The summed E-state index contributed by atoms with van der Waals surface area (Å²) in [5, 5.41) is 37.7. The lowest BCUT2D eigenvalue weighted by Gasteiger charge is -2.36. The summed E-state index contributed by atoms with van der Waals surface area (Å²) in [4.78, 5) is 106. The third-order valence-corrected chi connectivity index (χ3v) is 14.5. The van der Waals surface area contributed by atoms with Crippen molar-refractivity contribution in [3.8, 4) is 0 Å². The molecule has 7 N–H and O–H groups in total. The van der Waals surface area contributed by atoms with Crippen molar-refractivity contribution in [2.45, 2.75) is 155 Å². The van der Waals surface area contributed by atoms with E-state index >= 15 is 9.59 Å². The molecule has 0 bridgehead atoms. The van der Waals surface area contributed by atoms with Crippen LogP contribution < -0.4 is 26.6 Å². The number of epoxide rings is 1. The van der Waals surface area contributed by atoms with Crippen molar-refractivity contribution in [3.63, 3.8) is 0 Å². The van der Waals surface area contributed by atoms with Crippen LogP contribution in [0.2, 0.25) is 0 Å². The molecule has 2 aromatic carbocycles. The number of nitrogens with one attached hydrogen (secondary N) is 5. The number of hydrogen-bond donors (Lipinski definition) is 7. The van der Waals surface area contributed by atoms with Gasteiger partial charge in [0.1, 0.15) is 60.6 Å². The quantitative estimate of drug-likeness (QED) is 0.0855. The van der Waals surface area contributed by atoms with E-state index in [2.05, 4.69) is 26.6 Å². The number of hydrogen-bond acceptors (Lipinski definition) is 11. The maximum Gasteiger partial charge on any atom is 0.248 e. The number of benzene rings is 2. The molecule has 12 atom stereocenters. The number of aliphatic hydroxyl groups is 2. The van der Waals surface area contributed by atoms with E-state index in [9.17, 15) is 34.2 Å². The van der Waals surface area contributed by atoms with Crippen LogP contribution in [0.3, 0.4) is 0 Å². The number of fused-ring (bicyclic) bond motifs is 1. The molecule has 2 aliphatic rings. The number of carbonyl (C=O) groups excluding carboxylic acids is 7. The fourth-order valence-electron chi connectivity index (χ4n) is 9.86. The fourth-order valence-corrected chi connectivity index (χ4v) is 9.86. The molecule has 2 aliphatic heterocycles. The Morgan fingerprint density at radius 1 is 0.733 bits per heavy atom. The van der Waals surface area contributed by atoms with Crippen LogP contribution in [0, 0.1) is 23.7 Å². The highest BCUT2D eigenvalue weighted by Crippen LogP contribution is 2.38. The molecular formula is C56H82N8O11. The molecule has 3 heterocycles. The van der Waals surface area contributed by atoms with Crippen LogP contribution in [0.1, 0.15) is 112 Å². The lowest BCUT2D eigenvalue weighted by Crippen LogP contribution is -2.62. The van der Waals surface area contributed by atoms with Gasteiger partial charge in [-0.1, -0.05) is 102 Å². The van der Waals surface area contributed by atoms with Gasteiger partial charge in [-0.15, -0.1) is 0 Å². The SMILES string of the molecule is CO[C@H](c1ccccc1)[C@H]1NC(=O)[C@H](C)NC(=O)[C@H](C[C@@H](C)CO)N(C)C(=O)[C@H]([C@H](O)c2cn(C(C)(C)[C@@H]3CO3)c3ccccc23)NC(=O)C([C@H](C)C=C(C)C)NC(=O)[C@H](CC(C)C)N(C)C(=O)[C@H](C(C)C)NC1=O. The van der Waals surface area contributed by atoms with Gasteiger partial charge >= 0.3 is 0 Å². The Morgan fingerprint density at radius 2 is 1.25 bits per heavy atom. The van der Waals surface area contributed by atoms with Crippen LogP contribution in [-0.2, 0) is 48.6 Å². The minimum absolute atomic E-state index is 0.124. The van der Waals surface area contributed by atoms with Crippen molar-refractivity contribution in [3.05, 3.63) is 83.6 Å². The third kappa shape index (κ3) is 14.2. The Bertz CT molecular complexity index is 2540. The van der Waals surface area contributed by atoms with Gasteiger partial charge in [-0.2, -0.15) is 0 Å². The predicted molar refractivity (Wildman–Crippen MR) is 284 cm³/mol. The lowest BCUT2D eigenvalue weighted by molar-refractivity contribution is -0.146. The molecule has 0 radical (unpaired) electrons. The first kappa shape index (κ1) is 59.7.